The van der Waals surface area contributed by atoms with Crippen molar-refractivity contribution in [1.29, 1.82) is 0 Å². The van der Waals surface area contributed by atoms with Crippen molar-refractivity contribution in [3.05, 3.63) is 65.2 Å². The van der Waals surface area contributed by atoms with Crippen molar-refractivity contribution < 1.29 is 9.53 Å². The largest absolute Gasteiger partial charge is 0.496 e. The lowest BCUT2D eigenvalue weighted by atomic mass is 10.0. The van der Waals surface area contributed by atoms with Gasteiger partial charge in [-0.25, -0.2) is 0 Å². The number of likely N-dealkylation sites (tertiary alicyclic amines) is 1. The second kappa shape index (κ2) is 8.17. The molecule has 1 aliphatic heterocycles. The fourth-order valence-corrected chi connectivity index (χ4v) is 3.37. The molecule has 2 aromatic rings. The van der Waals surface area contributed by atoms with Crippen LogP contribution in [-0.2, 0) is 11.3 Å². The fraction of sp³-hybridized carbons (Fsp3) is 0.381. The van der Waals surface area contributed by atoms with E-state index < -0.39 is 0 Å². The molecule has 0 radical (unpaired) electrons. The molecule has 0 bridgehead atoms. The Kier molecular flexibility index (Phi) is 5.71. The van der Waals surface area contributed by atoms with Gasteiger partial charge in [0.05, 0.1) is 13.2 Å². The van der Waals surface area contributed by atoms with Crippen LogP contribution in [-0.4, -0.2) is 31.0 Å². The summed E-state index contributed by atoms with van der Waals surface area (Å²) in [5.74, 6) is 1.15. The zero-order valence-electron chi connectivity index (χ0n) is 15.0. The predicted molar refractivity (Wildman–Crippen MR) is 99.6 cm³/mol. The average Bonchev–Trinajstić information content (AvgIpc) is 3.04. The molecule has 1 fully saturated rings. The number of nitrogens with zero attached hydrogens (tertiary/aromatic N) is 1. The monoisotopic (exact) mass is 338 g/mol. The molecule has 0 unspecified atom stereocenters. The summed E-state index contributed by atoms with van der Waals surface area (Å²) in [5.41, 5.74) is 3.55. The van der Waals surface area contributed by atoms with Gasteiger partial charge < -0.3 is 15.0 Å². The highest BCUT2D eigenvalue weighted by Gasteiger charge is 2.24. The Bertz CT molecular complexity index is 715. The summed E-state index contributed by atoms with van der Waals surface area (Å²) in [6.45, 7) is 4.35. The van der Waals surface area contributed by atoms with Crippen LogP contribution in [0.1, 0.15) is 35.6 Å². The normalized spacial score (nSPS) is 15.4. The van der Waals surface area contributed by atoms with E-state index in [2.05, 4.69) is 36.5 Å². The Morgan fingerprint density at radius 1 is 1.20 bits per heavy atom. The smallest absolute Gasteiger partial charge is 0.222 e. The van der Waals surface area contributed by atoms with E-state index in [0.717, 1.165) is 24.3 Å². The first kappa shape index (κ1) is 17.5. The van der Waals surface area contributed by atoms with Crippen LogP contribution in [0.15, 0.2) is 48.5 Å². The third-order valence-electron chi connectivity index (χ3n) is 4.75. The number of benzene rings is 2. The number of hydrogen-bond acceptors (Lipinski definition) is 3. The van der Waals surface area contributed by atoms with E-state index >= 15 is 0 Å². The standard InChI is InChI=1S/C21H26N2O2/c1-16-10-11-20(25-2)18(13-16)14-22-19(17-7-4-3-5-8-17)15-23-12-6-9-21(23)24/h3-5,7-8,10-11,13,19,22H,6,9,12,14-15H2,1-2H3/t19-/m1/s1. The quantitative estimate of drug-likeness (QED) is 0.841. The highest BCUT2D eigenvalue weighted by molar-refractivity contribution is 5.78. The molecule has 1 aliphatic rings. The van der Waals surface area contributed by atoms with E-state index in [1.807, 2.05) is 29.2 Å². The molecular weight excluding hydrogens is 312 g/mol. The van der Waals surface area contributed by atoms with Gasteiger partial charge in [0, 0.05) is 31.6 Å². The minimum absolute atomic E-state index is 0.105. The summed E-state index contributed by atoms with van der Waals surface area (Å²) in [4.78, 5) is 14.0. The average molecular weight is 338 g/mol. The number of carbonyl (C=O) groups is 1. The summed E-state index contributed by atoms with van der Waals surface area (Å²) in [6, 6.07) is 16.7. The summed E-state index contributed by atoms with van der Waals surface area (Å²) < 4.78 is 5.48. The van der Waals surface area contributed by atoms with Crippen LogP contribution < -0.4 is 10.1 Å². The first-order chi connectivity index (χ1) is 12.2. The third kappa shape index (κ3) is 4.40. The van der Waals surface area contributed by atoms with Gasteiger partial charge in [0.15, 0.2) is 0 Å². The Labute approximate surface area is 149 Å². The Hall–Kier alpha value is -2.33. The Balaban J connectivity index is 1.76. The van der Waals surface area contributed by atoms with Crippen molar-refractivity contribution in [3.8, 4) is 5.75 Å². The second-order valence-corrected chi connectivity index (χ2v) is 6.60. The van der Waals surface area contributed by atoms with Gasteiger partial charge in [-0.2, -0.15) is 0 Å². The molecule has 0 spiro atoms. The Morgan fingerprint density at radius 3 is 2.68 bits per heavy atom. The lowest BCUT2D eigenvalue weighted by molar-refractivity contribution is -0.128. The molecule has 25 heavy (non-hydrogen) atoms. The van der Waals surface area contributed by atoms with E-state index in [1.54, 1.807) is 7.11 Å². The van der Waals surface area contributed by atoms with Crippen LogP contribution in [0.4, 0.5) is 0 Å². The van der Waals surface area contributed by atoms with Crippen LogP contribution in [0.5, 0.6) is 5.75 Å². The SMILES string of the molecule is COc1ccc(C)cc1CN[C@H](CN1CCCC1=O)c1ccccc1. The zero-order chi connectivity index (χ0) is 17.6. The molecule has 132 valence electrons. The second-order valence-electron chi connectivity index (χ2n) is 6.60. The maximum Gasteiger partial charge on any atom is 0.222 e. The number of rotatable bonds is 7. The van der Waals surface area contributed by atoms with E-state index in [0.29, 0.717) is 19.5 Å². The van der Waals surface area contributed by atoms with E-state index in [-0.39, 0.29) is 11.9 Å². The topological polar surface area (TPSA) is 41.6 Å². The van der Waals surface area contributed by atoms with Crippen LogP contribution in [0.25, 0.3) is 0 Å². The minimum atomic E-state index is 0.105. The summed E-state index contributed by atoms with van der Waals surface area (Å²) in [7, 11) is 1.70. The molecule has 1 N–H and O–H groups in total. The predicted octanol–water partition coefficient (Wildman–Crippen LogP) is 3.46. The van der Waals surface area contributed by atoms with Gasteiger partial charge in [-0.05, 0) is 25.0 Å². The van der Waals surface area contributed by atoms with Gasteiger partial charge in [0.2, 0.25) is 5.91 Å². The minimum Gasteiger partial charge on any atom is -0.496 e. The fourth-order valence-electron chi connectivity index (χ4n) is 3.37. The van der Waals surface area contributed by atoms with Gasteiger partial charge >= 0.3 is 0 Å². The van der Waals surface area contributed by atoms with Crippen LogP contribution in [0.3, 0.4) is 0 Å². The molecule has 2 aromatic carbocycles. The molecule has 0 aliphatic carbocycles. The highest BCUT2D eigenvalue weighted by Crippen LogP contribution is 2.23. The first-order valence-corrected chi connectivity index (χ1v) is 8.87. The van der Waals surface area contributed by atoms with E-state index in [4.69, 9.17) is 4.74 Å². The Morgan fingerprint density at radius 2 is 2.00 bits per heavy atom. The van der Waals surface area contributed by atoms with Crippen LogP contribution in [0.2, 0.25) is 0 Å². The summed E-state index contributed by atoms with van der Waals surface area (Å²) in [6.07, 6.45) is 1.64. The number of carbonyl (C=O) groups excluding carboxylic acids is 1. The number of methoxy groups -OCH3 is 1. The molecule has 0 aromatic heterocycles. The van der Waals surface area contributed by atoms with Crippen molar-refractivity contribution >= 4 is 5.91 Å². The lowest BCUT2D eigenvalue weighted by Crippen LogP contribution is -2.35. The summed E-state index contributed by atoms with van der Waals surface area (Å²) >= 11 is 0. The lowest BCUT2D eigenvalue weighted by Gasteiger charge is -2.25. The molecule has 1 heterocycles. The summed E-state index contributed by atoms with van der Waals surface area (Å²) in [5, 5.41) is 3.63. The number of ether oxygens (including phenoxy) is 1. The number of aryl methyl sites for hydroxylation is 1. The molecule has 1 saturated heterocycles. The van der Waals surface area contributed by atoms with Crippen molar-refractivity contribution in [2.24, 2.45) is 0 Å². The first-order valence-electron chi connectivity index (χ1n) is 8.87. The molecule has 4 nitrogen and oxygen atoms in total. The highest BCUT2D eigenvalue weighted by atomic mass is 16.5. The van der Waals surface area contributed by atoms with Gasteiger partial charge in [0.1, 0.15) is 5.75 Å². The maximum atomic E-state index is 12.0. The molecule has 3 rings (SSSR count). The molecule has 1 amide bonds. The van der Waals surface area contributed by atoms with E-state index in [1.165, 1.54) is 11.1 Å². The van der Waals surface area contributed by atoms with E-state index in [9.17, 15) is 4.79 Å². The molecular formula is C21H26N2O2. The van der Waals surface area contributed by atoms with Crippen molar-refractivity contribution in [1.82, 2.24) is 10.2 Å². The number of nitrogens with one attached hydrogen (secondary N) is 1. The van der Waals surface area contributed by atoms with Crippen molar-refractivity contribution in [2.45, 2.75) is 32.4 Å². The van der Waals surface area contributed by atoms with Crippen LogP contribution >= 0.6 is 0 Å². The maximum absolute atomic E-state index is 12.0. The molecule has 0 saturated carbocycles. The van der Waals surface area contributed by atoms with Gasteiger partial charge in [-0.3, -0.25) is 4.79 Å². The third-order valence-corrected chi connectivity index (χ3v) is 4.75. The number of amides is 1. The van der Waals surface area contributed by atoms with Gasteiger partial charge in [0.25, 0.3) is 0 Å². The van der Waals surface area contributed by atoms with Crippen molar-refractivity contribution in [2.75, 3.05) is 20.2 Å². The van der Waals surface area contributed by atoms with Crippen LogP contribution in [0, 0.1) is 6.92 Å². The van der Waals surface area contributed by atoms with Gasteiger partial charge in [-0.15, -0.1) is 0 Å². The molecule has 1 atom stereocenters. The van der Waals surface area contributed by atoms with Crippen molar-refractivity contribution in [3.63, 3.8) is 0 Å². The zero-order valence-corrected chi connectivity index (χ0v) is 15.0. The number of hydrogen-bond donors (Lipinski definition) is 1. The van der Waals surface area contributed by atoms with Gasteiger partial charge in [-0.1, -0.05) is 48.0 Å². The molecule has 4 heteroatoms.